The first-order valence-electron chi connectivity index (χ1n) is 2.82. The largest absolute Gasteiger partial charge is 0.241 e. The average molecular weight is 131 g/mol. The summed E-state index contributed by atoms with van der Waals surface area (Å²) in [6.07, 6.45) is 6.81. The van der Waals surface area contributed by atoms with Crippen molar-refractivity contribution in [2.45, 2.75) is 0 Å². The molecular weight excluding hydrogens is 119 g/mol. The molecule has 1 aliphatic heterocycles. The van der Waals surface area contributed by atoms with Gasteiger partial charge in [-0.15, -0.1) is 0 Å². The summed E-state index contributed by atoms with van der Waals surface area (Å²) in [5, 5.41) is 0. The molecule has 46 valence electrons. The minimum Gasteiger partial charge on any atom is -0.241 e. The Hall–Kier alpha value is 0.130. The zero-order valence-electron chi connectivity index (χ0n) is 5.42. The van der Waals surface area contributed by atoms with Gasteiger partial charge in [0.15, 0.2) is 0 Å². The van der Waals surface area contributed by atoms with Crippen LogP contribution in [0.25, 0.3) is 0 Å². The fourth-order valence-corrected chi connectivity index (χ4v) is 2.46. The van der Waals surface area contributed by atoms with Gasteiger partial charge in [0, 0.05) is 0 Å². The zero-order chi connectivity index (χ0) is 6.04. The maximum atomic E-state index is 5.35. The van der Waals surface area contributed by atoms with Crippen LogP contribution in [-0.2, 0) is 4.52 Å². The first-order valence-corrected chi connectivity index (χ1v) is 5.34. The van der Waals surface area contributed by atoms with Gasteiger partial charge in [-0.05, 0) is 12.2 Å². The Morgan fingerprint density at radius 3 is 2.12 bits per heavy atom. The summed E-state index contributed by atoms with van der Waals surface area (Å²) >= 11 is 0. The molecule has 0 atom stereocenters. The molecule has 0 unspecified atom stereocenters. The Morgan fingerprint density at radius 1 is 1.38 bits per heavy atom. The van der Waals surface area contributed by atoms with E-state index in [0.717, 1.165) is 0 Å². The highest BCUT2D eigenvalue weighted by molar-refractivity contribution is 7.71. The van der Waals surface area contributed by atoms with Gasteiger partial charge in [0.05, 0.1) is 13.8 Å². The van der Waals surface area contributed by atoms with Gasteiger partial charge in [0.2, 0.25) is 0 Å². The molecule has 1 rings (SSSR count). The van der Waals surface area contributed by atoms with Gasteiger partial charge >= 0.3 is 0 Å². The van der Waals surface area contributed by atoms with Crippen molar-refractivity contribution in [3.05, 3.63) is 12.2 Å². The molecule has 1 aliphatic rings. The summed E-state index contributed by atoms with van der Waals surface area (Å²) in [5.74, 6) is 0. The number of hydrogen-bond donors (Lipinski definition) is 0. The number of hydrogen-bond acceptors (Lipinski definition) is 1. The van der Waals surface area contributed by atoms with Crippen LogP contribution in [0.2, 0.25) is 0 Å². The minimum atomic E-state index is -0.912. The summed E-state index contributed by atoms with van der Waals surface area (Å²) in [6, 6.07) is 0. The van der Waals surface area contributed by atoms with Crippen molar-refractivity contribution >= 4 is 7.49 Å². The van der Waals surface area contributed by atoms with Crippen molar-refractivity contribution in [2.24, 2.45) is 0 Å². The fraction of sp³-hybridized carbons (Fsp3) is 0.667. The molecule has 0 aromatic carbocycles. The van der Waals surface area contributed by atoms with Crippen LogP contribution in [0.4, 0.5) is 0 Å². The topological polar surface area (TPSA) is 9.23 Å². The zero-order valence-corrected chi connectivity index (χ0v) is 6.32. The molecule has 0 radical (unpaired) electrons. The van der Waals surface area contributed by atoms with Gasteiger partial charge in [-0.25, -0.2) is 4.52 Å². The van der Waals surface area contributed by atoms with Crippen molar-refractivity contribution < 1.29 is 4.52 Å². The Balaban J connectivity index is 2.46. The van der Waals surface area contributed by atoms with E-state index in [-0.39, 0.29) is 0 Å². The molecule has 0 amide bonds. The van der Waals surface area contributed by atoms with Gasteiger partial charge in [0.25, 0.3) is 0 Å². The number of rotatable bonds is 1. The van der Waals surface area contributed by atoms with Crippen molar-refractivity contribution in [1.29, 1.82) is 0 Å². The van der Waals surface area contributed by atoms with Gasteiger partial charge < -0.3 is 0 Å². The molecule has 0 spiro atoms. The van der Waals surface area contributed by atoms with Crippen LogP contribution in [0.1, 0.15) is 0 Å². The Labute approximate surface area is 51.2 Å². The molecule has 0 N–H and O–H groups in total. The van der Waals surface area contributed by atoms with E-state index < -0.39 is 7.49 Å². The molecule has 0 saturated heterocycles. The molecule has 0 aromatic rings. The second-order valence-corrected chi connectivity index (χ2v) is 6.01. The quantitative estimate of drug-likeness (QED) is 0.389. The van der Waals surface area contributed by atoms with E-state index in [4.69, 9.17) is 4.52 Å². The maximum Gasteiger partial charge on any atom is 0.150 e. The number of allylic oxidation sites excluding steroid dienone is 2. The Morgan fingerprint density at radius 2 is 1.88 bits per heavy atom. The first kappa shape index (κ1) is 6.25. The fourth-order valence-electron chi connectivity index (χ4n) is 0.819. The standard InChI is InChI=1S/C6H12OP/c1-7-8(2)5-3-4-6-8/h3-4H,5-6H2,1-2H3/q+1. The van der Waals surface area contributed by atoms with Crippen molar-refractivity contribution in [1.82, 2.24) is 0 Å². The smallest absolute Gasteiger partial charge is 0.150 e. The van der Waals surface area contributed by atoms with E-state index in [1.54, 1.807) is 0 Å². The highest BCUT2D eigenvalue weighted by atomic mass is 31.2. The van der Waals surface area contributed by atoms with Crippen molar-refractivity contribution in [2.75, 3.05) is 26.1 Å². The molecule has 0 fully saturated rings. The lowest BCUT2D eigenvalue weighted by atomic mass is 10.6. The second kappa shape index (κ2) is 2.16. The third kappa shape index (κ3) is 1.10. The molecule has 0 aromatic heterocycles. The third-order valence-corrected chi connectivity index (χ3v) is 4.44. The maximum absolute atomic E-state index is 5.35. The van der Waals surface area contributed by atoms with E-state index >= 15 is 0 Å². The minimum absolute atomic E-state index is 0.912. The predicted octanol–water partition coefficient (Wildman–Crippen LogP) is 1.76. The highest BCUT2D eigenvalue weighted by Crippen LogP contribution is 2.58. The van der Waals surface area contributed by atoms with Gasteiger partial charge in [-0.2, -0.15) is 0 Å². The van der Waals surface area contributed by atoms with E-state index in [1.165, 1.54) is 12.3 Å². The summed E-state index contributed by atoms with van der Waals surface area (Å²) in [5.41, 5.74) is 0. The lowest BCUT2D eigenvalue weighted by Crippen LogP contribution is -1.94. The predicted molar refractivity (Wildman–Crippen MR) is 38.7 cm³/mol. The lowest BCUT2D eigenvalue weighted by Gasteiger charge is -2.10. The highest BCUT2D eigenvalue weighted by Gasteiger charge is 2.32. The van der Waals surface area contributed by atoms with Crippen LogP contribution in [-0.4, -0.2) is 26.1 Å². The summed E-state index contributed by atoms with van der Waals surface area (Å²) in [7, 11) is 0.908. The SMILES string of the molecule is CO[P+]1(C)CC=CC1. The molecule has 0 aliphatic carbocycles. The van der Waals surface area contributed by atoms with Gasteiger partial charge in [0.1, 0.15) is 19.8 Å². The van der Waals surface area contributed by atoms with Crippen LogP contribution < -0.4 is 0 Å². The Kier molecular flexibility index (Phi) is 1.69. The van der Waals surface area contributed by atoms with Crippen LogP contribution in [0.5, 0.6) is 0 Å². The van der Waals surface area contributed by atoms with E-state index in [1.807, 2.05) is 7.11 Å². The Bertz CT molecular complexity index is 101. The van der Waals surface area contributed by atoms with Crippen molar-refractivity contribution in [3.63, 3.8) is 0 Å². The molecule has 2 heteroatoms. The van der Waals surface area contributed by atoms with E-state index in [9.17, 15) is 0 Å². The molecule has 1 heterocycles. The monoisotopic (exact) mass is 131 g/mol. The average Bonchev–Trinajstić information content (AvgIpc) is 2.17. The first-order chi connectivity index (χ1) is 3.77. The van der Waals surface area contributed by atoms with Crippen LogP contribution >= 0.6 is 7.49 Å². The van der Waals surface area contributed by atoms with Crippen LogP contribution in [0.3, 0.4) is 0 Å². The summed E-state index contributed by atoms with van der Waals surface area (Å²) < 4.78 is 5.35. The lowest BCUT2D eigenvalue weighted by molar-refractivity contribution is 0.453. The molecule has 0 saturated carbocycles. The van der Waals surface area contributed by atoms with Gasteiger partial charge in [-0.1, -0.05) is 0 Å². The molecular formula is C6H12OP+. The van der Waals surface area contributed by atoms with Crippen LogP contribution in [0.15, 0.2) is 12.2 Å². The third-order valence-electron chi connectivity index (χ3n) is 1.59. The van der Waals surface area contributed by atoms with E-state index in [0.29, 0.717) is 0 Å². The van der Waals surface area contributed by atoms with E-state index in [2.05, 4.69) is 18.8 Å². The van der Waals surface area contributed by atoms with Crippen molar-refractivity contribution in [3.8, 4) is 0 Å². The van der Waals surface area contributed by atoms with Crippen LogP contribution in [0, 0.1) is 0 Å². The summed E-state index contributed by atoms with van der Waals surface area (Å²) in [4.78, 5) is 0. The molecule has 0 bridgehead atoms. The molecule has 8 heavy (non-hydrogen) atoms. The van der Waals surface area contributed by atoms with Gasteiger partial charge in [-0.3, -0.25) is 0 Å². The second-order valence-electron chi connectivity index (χ2n) is 2.32. The molecule has 1 nitrogen and oxygen atoms in total. The summed E-state index contributed by atoms with van der Waals surface area (Å²) in [6.45, 7) is 2.24. The normalized spacial score (nSPS) is 24.2.